The standard InChI is InChI=1S/C27H36N4O2/c1-2-16-33-25(3-1)20-30-12-10-22-19-21(4-9-27(22)30)26-11-13-31(28-26)24-7-5-23(6-8-24)29-14-17-32-18-15-29/h4,9-13,19,23-25H,1-3,5-8,14-18,20H2. The van der Waals surface area contributed by atoms with Gasteiger partial charge in [-0.3, -0.25) is 9.58 Å². The lowest BCUT2D eigenvalue weighted by Gasteiger charge is -2.38. The Labute approximate surface area is 196 Å². The molecule has 0 N–H and O–H groups in total. The summed E-state index contributed by atoms with van der Waals surface area (Å²) in [6.07, 6.45) is 13.4. The Morgan fingerprint density at radius 3 is 2.52 bits per heavy atom. The van der Waals surface area contributed by atoms with E-state index in [0.29, 0.717) is 12.1 Å². The third-order valence-corrected chi connectivity index (χ3v) is 7.95. The summed E-state index contributed by atoms with van der Waals surface area (Å²) in [5.41, 5.74) is 3.57. The van der Waals surface area contributed by atoms with Crippen molar-refractivity contribution < 1.29 is 9.47 Å². The van der Waals surface area contributed by atoms with Crippen molar-refractivity contribution >= 4 is 10.9 Å². The van der Waals surface area contributed by atoms with E-state index in [4.69, 9.17) is 14.6 Å². The van der Waals surface area contributed by atoms with Gasteiger partial charge in [0.1, 0.15) is 0 Å². The average molecular weight is 449 g/mol. The monoisotopic (exact) mass is 448 g/mol. The Morgan fingerprint density at radius 1 is 0.848 bits per heavy atom. The van der Waals surface area contributed by atoms with Crippen molar-refractivity contribution in [2.24, 2.45) is 0 Å². The molecule has 0 amide bonds. The molecule has 2 saturated heterocycles. The van der Waals surface area contributed by atoms with Gasteiger partial charge < -0.3 is 14.0 Å². The normalized spacial score (nSPS) is 27.2. The van der Waals surface area contributed by atoms with Crippen LogP contribution in [-0.2, 0) is 16.0 Å². The minimum absolute atomic E-state index is 0.350. The number of benzene rings is 1. The van der Waals surface area contributed by atoms with Crippen LogP contribution in [0.1, 0.15) is 51.0 Å². The maximum Gasteiger partial charge on any atom is 0.0923 e. The van der Waals surface area contributed by atoms with E-state index in [1.54, 1.807) is 0 Å². The first-order valence-electron chi connectivity index (χ1n) is 12.9. The lowest BCUT2D eigenvalue weighted by molar-refractivity contribution is 0.00507. The molecule has 33 heavy (non-hydrogen) atoms. The fraction of sp³-hybridized carbons (Fsp3) is 0.593. The molecule has 2 aliphatic heterocycles. The summed E-state index contributed by atoms with van der Waals surface area (Å²) in [5, 5.41) is 6.29. The van der Waals surface area contributed by atoms with Crippen LogP contribution >= 0.6 is 0 Å². The fourth-order valence-electron chi connectivity index (χ4n) is 6.02. The van der Waals surface area contributed by atoms with Gasteiger partial charge in [-0.1, -0.05) is 6.07 Å². The van der Waals surface area contributed by atoms with Crippen molar-refractivity contribution in [1.29, 1.82) is 0 Å². The van der Waals surface area contributed by atoms with Crippen molar-refractivity contribution in [2.45, 2.75) is 69.7 Å². The first kappa shape index (κ1) is 21.4. The Balaban J connectivity index is 1.11. The molecule has 6 heteroatoms. The van der Waals surface area contributed by atoms with Crippen molar-refractivity contribution in [3.8, 4) is 11.3 Å². The van der Waals surface area contributed by atoms with Gasteiger partial charge in [0.15, 0.2) is 0 Å². The molecule has 176 valence electrons. The lowest BCUT2D eigenvalue weighted by atomic mass is 9.90. The third-order valence-electron chi connectivity index (χ3n) is 7.95. The molecule has 1 atom stereocenters. The van der Waals surface area contributed by atoms with Crippen LogP contribution in [-0.4, -0.2) is 64.3 Å². The summed E-state index contributed by atoms with van der Waals surface area (Å²) in [6.45, 7) is 5.84. The van der Waals surface area contributed by atoms with Gasteiger partial charge in [-0.2, -0.15) is 5.10 Å². The summed E-state index contributed by atoms with van der Waals surface area (Å²) < 4.78 is 16.0. The van der Waals surface area contributed by atoms with Crippen LogP contribution in [0.4, 0.5) is 0 Å². The van der Waals surface area contributed by atoms with Gasteiger partial charge in [-0.25, -0.2) is 0 Å². The summed E-state index contributed by atoms with van der Waals surface area (Å²) in [5.74, 6) is 0. The van der Waals surface area contributed by atoms with Crippen molar-refractivity contribution in [2.75, 3.05) is 32.9 Å². The molecule has 0 spiro atoms. The number of morpholine rings is 1. The van der Waals surface area contributed by atoms with Crippen LogP contribution in [0.3, 0.4) is 0 Å². The quantitative estimate of drug-likeness (QED) is 0.557. The van der Waals surface area contributed by atoms with Crippen LogP contribution < -0.4 is 0 Å². The van der Waals surface area contributed by atoms with Gasteiger partial charge in [0.05, 0.1) is 31.1 Å². The summed E-state index contributed by atoms with van der Waals surface area (Å²) in [7, 11) is 0. The van der Waals surface area contributed by atoms with E-state index in [1.165, 1.54) is 61.4 Å². The second-order valence-electron chi connectivity index (χ2n) is 10.0. The molecule has 3 aromatic rings. The number of nitrogens with zero attached hydrogens (tertiary/aromatic N) is 4. The summed E-state index contributed by atoms with van der Waals surface area (Å²) in [6, 6.07) is 12.4. The van der Waals surface area contributed by atoms with E-state index in [1.807, 2.05) is 0 Å². The highest BCUT2D eigenvalue weighted by molar-refractivity contribution is 5.85. The molecule has 6 rings (SSSR count). The van der Waals surface area contributed by atoms with Crippen molar-refractivity contribution in [3.05, 3.63) is 42.7 Å². The van der Waals surface area contributed by atoms with Crippen LogP contribution in [0.25, 0.3) is 22.2 Å². The highest BCUT2D eigenvalue weighted by atomic mass is 16.5. The van der Waals surface area contributed by atoms with Gasteiger partial charge in [-0.15, -0.1) is 0 Å². The van der Waals surface area contributed by atoms with Crippen LogP contribution in [0.5, 0.6) is 0 Å². The number of aromatic nitrogens is 3. The molecule has 6 nitrogen and oxygen atoms in total. The molecular formula is C27H36N4O2. The molecule has 0 radical (unpaired) electrons. The van der Waals surface area contributed by atoms with E-state index in [0.717, 1.165) is 51.2 Å². The molecule has 1 saturated carbocycles. The lowest BCUT2D eigenvalue weighted by Crippen LogP contribution is -2.45. The minimum atomic E-state index is 0.350. The maximum atomic E-state index is 5.95. The van der Waals surface area contributed by atoms with Gasteiger partial charge in [0.2, 0.25) is 0 Å². The van der Waals surface area contributed by atoms with E-state index < -0.39 is 0 Å². The maximum absolute atomic E-state index is 5.95. The molecule has 4 heterocycles. The number of hydrogen-bond donors (Lipinski definition) is 0. The summed E-state index contributed by atoms with van der Waals surface area (Å²) >= 11 is 0. The molecule has 2 aromatic heterocycles. The van der Waals surface area contributed by atoms with Gasteiger partial charge in [-0.05, 0) is 69.2 Å². The highest BCUT2D eigenvalue weighted by Crippen LogP contribution is 2.32. The third kappa shape index (κ3) is 4.61. The molecule has 3 fully saturated rings. The topological polar surface area (TPSA) is 44.5 Å². The second-order valence-corrected chi connectivity index (χ2v) is 10.0. The van der Waals surface area contributed by atoms with E-state index in [9.17, 15) is 0 Å². The second kappa shape index (κ2) is 9.61. The Bertz CT molecular complexity index is 1050. The van der Waals surface area contributed by atoms with E-state index in [2.05, 4.69) is 56.9 Å². The van der Waals surface area contributed by atoms with Crippen LogP contribution in [0.15, 0.2) is 42.7 Å². The Kier molecular flexibility index (Phi) is 6.23. The van der Waals surface area contributed by atoms with E-state index in [-0.39, 0.29) is 0 Å². The number of fused-ring (bicyclic) bond motifs is 1. The highest BCUT2D eigenvalue weighted by Gasteiger charge is 2.28. The van der Waals surface area contributed by atoms with Gasteiger partial charge in [0.25, 0.3) is 0 Å². The number of hydrogen-bond acceptors (Lipinski definition) is 4. The molecule has 1 aromatic carbocycles. The molecule has 1 unspecified atom stereocenters. The predicted molar refractivity (Wildman–Crippen MR) is 130 cm³/mol. The minimum Gasteiger partial charge on any atom is -0.379 e. The number of rotatable bonds is 5. The Hall–Kier alpha value is -2.15. The first-order chi connectivity index (χ1) is 16.3. The molecular weight excluding hydrogens is 412 g/mol. The van der Waals surface area contributed by atoms with Crippen molar-refractivity contribution in [1.82, 2.24) is 19.2 Å². The van der Waals surface area contributed by atoms with Gasteiger partial charge in [0, 0.05) is 61.1 Å². The number of ether oxygens (including phenoxy) is 2. The molecule has 1 aliphatic carbocycles. The molecule has 3 aliphatic rings. The predicted octanol–water partition coefficient (Wildman–Crippen LogP) is 4.89. The Morgan fingerprint density at radius 2 is 1.70 bits per heavy atom. The summed E-state index contributed by atoms with van der Waals surface area (Å²) in [4.78, 5) is 2.63. The van der Waals surface area contributed by atoms with E-state index >= 15 is 0 Å². The van der Waals surface area contributed by atoms with Gasteiger partial charge >= 0.3 is 0 Å². The van der Waals surface area contributed by atoms with Crippen molar-refractivity contribution in [3.63, 3.8) is 0 Å². The zero-order valence-electron chi connectivity index (χ0n) is 19.6. The zero-order chi connectivity index (χ0) is 22.0. The van der Waals surface area contributed by atoms with Crippen LogP contribution in [0, 0.1) is 0 Å². The zero-order valence-corrected chi connectivity index (χ0v) is 19.6. The molecule has 0 bridgehead atoms. The van der Waals surface area contributed by atoms with Crippen LogP contribution in [0.2, 0.25) is 0 Å². The average Bonchev–Trinajstić information content (AvgIpc) is 3.53. The smallest absolute Gasteiger partial charge is 0.0923 e. The first-order valence-corrected chi connectivity index (χ1v) is 12.9. The SMILES string of the molecule is c1cc2c(ccn2CC2CCCCO2)cc1-c1ccn(C2CCC(N3CCOCC3)CC2)n1. The fourth-order valence-corrected chi connectivity index (χ4v) is 6.02. The largest absolute Gasteiger partial charge is 0.379 e.